The van der Waals surface area contributed by atoms with E-state index in [4.69, 9.17) is 19.2 Å². The van der Waals surface area contributed by atoms with E-state index in [0.29, 0.717) is 45.7 Å². The van der Waals surface area contributed by atoms with Gasteiger partial charge in [-0.15, -0.1) is 11.3 Å². The first kappa shape index (κ1) is 22.6. The fourth-order valence-electron chi connectivity index (χ4n) is 4.00. The highest BCUT2D eigenvalue weighted by Gasteiger charge is 2.21. The summed E-state index contributed by atoms with van der Waals surface area (Å²) in [6.45, 7) is 4.59. The van der Waals surface area contributed by atoms with Gasteiger partial charge in [0, 0.05) is 27.3 Å². The number of aromatic nitrogens is 2. The Kier molecular flexibility index (Phi) is 6.40. The number of carbonyl (C=O) groups excluding carboxylic acids is 1. The largest absolute Gasteiger partial charge is 0.467 e. The van der Waals surface area contributed by atoms with Crippen molar-refractivity contribution in [2.45, 2.75) is 31.4 Å². The molecule has 3 heterocycles. The van der Waals surface area contributed by atoms with Crippen molar-refractivity contribution in [1.82, 2.24) is 9.97 Å². The normalized spacial score (nSPS) is 12.9. The van der Waals surface area contributed by atoms with Gasteiger partial charge in [0.15, 0.2) is 11.9 Å². The number of aromatic amines is 1. The monoisotopic (exact) mass is 494 g/mol. The van der Waals surface area contributed by atoms with Crippen molar-refractivity contribution < 1.29 is 19.0 Å². The standard InChI is InChI=1S/C25H22N2O5S2/c1-3-31-24(29)16-9-17-11-30-13-32-21(17)18(10-16)12-33-25-26-22(28)20-19(14(2)34-23(20)27-25)15-7-5-4-6-8-15/h4-10H,3,11-13H2,1-2H3,(H,26,27,28). The number of H-pyrrole nitrogens is 1. The van der Waals surface area contributed by atoms with E-state index < -0.39 is 5.97 Å². The molecule has 4 aromatic rings. The van der Waals surface area contributed by atoms with Crippen LogP contribution >= 0.6 is 23.1 Å². The molecular formula is C25H22N2O5S2. The van der Waals surface area contributed by atoms with Gasteiger partial charge >= 0.3 is 5.97 Å². The van der Waals surface area contributed by atoms with Crippen molar-refractivity contribution in [2.75, 3.05) is 13.4 Å². The number of thiophene rings is 1. The summed E-state index contributed by atoms with van der Waals surface area (Å²) in [5.41, 5.74) is 3.83. The summed E-state index contributed by atoms with van der Waals surface area (Å²) >= 11 is 2.90. The molecule has 174 valence electrons. The molecule has 0 atom stereocenters. The average Bonchev–Trinajstić information content (AvgIpc) is 3.19. The Hall–Kier alpha value is -3.14. The summed E-state index contributed by atoms with van der Waals surface area (Å²) < 4.78 is 16.3. The fourth-order valence-corrected chi connectivity index (χ4v) is 5.94. The lowest BCUT2D eigenvalue weighted by Crippen LogP contribution is -2.15. The second-order valence-corrected chi connectivity index (χ2v) is 9.86. The number of esters is 1. The maximum absolute atomic E-state index is 13.1. The van der Waals surface area contributed by atoms with Crippen LogP contribution in [-0.4, -0.2) is 29.3 Å². The van der Waals surface area contributed by atoms with Gasteiger partial charge in [-0.3, -0.25) is 4.79 Å². The fraction of sp³-hybridized carbons (Fsp3) is 0.240. The zero-order valence-corrected chi connectivity index (χ0v) is 20.3. The van der Waals surface area contributed by atoms with Gasteiger partial charge in [0.25, 0.3) is 5.56 Å². The minimum Gasteiger partial charge on any atom is -0.467 e. The SMILES string of the molecule is CCOC(=O)c1cc2c(c(CSc3nc4sc(C)c(-c5ccccc5)c4c(=O)[nH]3)c1)OCOC2. The van der Waals surface area contributed by atoms with Gasteiger partial charge < -0.3 is 19.2 Å². The Morgan fingerprint density at radius 1 is 1.26 bits per heavy atom. The molecule has 0 spiro atoms. The number of benzene rings is 2. The summed E-state index contributed by atoms with van der Waals surface area (Å²) in [6.07, 6.45) is 0. The molecule has 9 heteroatoms. The first-order chi connectivity index (χ1) is 16.5. The van der Waals surface area contributed by atoms with Gasteiger partial charge in [0.2, 0.25) is 0 Å². The summed E-state index contributed by atoms with van der Waals surface area (Å²) in [7, 11) is 0. The predicted octanol–water partition coefficient (Wildman–Crippen LogP) is 5.30. The van der Waals surface area contributed by atoms with Crippen LogP contribution in [0.4, 0.5) is 0 Å². The summed E-state index contributed by atoms with van der Waals surface area (Å²) in [4.78, 5) is 34.8. The number of fused-ring (bicyclic) bond motifs is 2. The highest BCUT2D eigenvalue weighted by molar-refractivity contribution is 7.98. The van der Waals surface area contributed by atoms with Gasteiger partial charge in [0.1, 0.15) is 10.6 Å². The number of aryl methyl sites for hydroxylation is 1. The lowest BCUT2D eigenvalue weighted by Gasteiger charge is -2.21. The predicted molar refractivity (Wildman–Crippen MR) is 133 cm³/mol. The molecule has 34 heavy (non-hydrogen) atoms. The molecule has 0 unspecified atom stereocenters. The van der Waals surface area contributed by atoms with E-state index >= 15 is 0 Å². The number of hydrogen-bond acceptors (Lipinski definition) is 8. The topological polar surface area (TPSA) is 90.5 Å². The Labute approximate surface area is 204 Å². The molecule has 2 aromatic carbocycles. The Balaban J connectivity index is 1.47. The summed E-state index contributed by atoms with van der Waals surface area (Å²) in [6, 6.07) is 13.4. The van der Waals surface area contributed by atoms with Crippen molar-refractivity contribution >= 4 is 39.3 Å². The van der Waals surface area contributed by atoms with Crippen molar-refractivity contribution in [3.63, 3.8) is 0 Å². The van der Waals surface area contributed by atoms with Gasteiger partial charge in [-0.05, 0) is 31.5 Å². The molecule has 1 N–H and O–H groups in total. The van der Waals surface area contributed by atoms with E-state index in [1.54, 1.807) is 19.1 Å². The first-order valence-corrected chi connectivity index (χ1v) is 12.6. The van der Waals surface area contributed by atoms with E-state index in [-0.39, 0.29) is 12.4 Å². The zero-order chi connectivity index (χ0) is 23.7. The highest BCUT2D eigenvalue weighted by Crippen LogP contribution is 2.37. The second kappa shape index (κ2) is 9.61. The van der Waals surface area contributed by atoms with Gasteiger partial charge in [0.05, 0.1) is 24.2 Å². The van der Waals surface area contributed by atoms with E-state index in [2.05, 4.69) is 4.98 Å². The smallest absolute Gasteiger partial charge is 0.338 e. The molecule has 0 radical (unpaired) electrons. The Morgan fingerprint density at radius 3 is 2.88 bits per heavy atom. The minimum atomic E-state index is -0.391. The maximum atomic E-state index is 13.1. The van der Waals surface area contributed by atoms with Crippen LogP contribution in [0.2, 0.25) is 0 Å². The van der Waals surface area contributed by atoms with E-state index in [0.717, 1.165) is 27.1 Å². The third-order valence-electron chi connectivity index (χ3n) is 5.44. The van der Waals surface area contributed by atoms with Gasteiger partial charge in [-0.25, -0.2) is 9.78 Å². The van der Waals surface area contributed by atoms with E-state index in [9.17, 15) is 9.59 Å². The molecule has 5 rings (SSSR count). The quantitative estimate of drug-likeness (QED) is 0.221. The Morgan fingerprint density at radius 2 is 2.09 bits per heavy atom. The zero-order valence-electron chi connectivity index (χ0n) is 18.7. The van der Waals surface area contributed by atoms with Crippen LogP contribution in [0.15, 0.2) is 52.4 Å². The molecule has 0 fully saturated rings. The van der Waals surface area contributed by atoms with Crippen LogP contribution in [0.3, 0.4) is 0 Å². The number of hydrogen-bond donors (Lipinski definition) is 1. The maximum Gasteiger partial charge on any atom is 0.338 e. The first-order valence-electron chi connectivity index (χ1n) is 10.8. The number of ether oxygens (including phenoxy) is 3. The van der Waals surface area contributed by atoms with Crippen molar-refractivity contribution in [1.29, 1.82) is 0 Å². The number of rotatable bonds is 6. The lowest BCUT2D eigenvalue weighted by atomic mass is 10.0. The molecule has 0 saturated heterocycles. The van der Waals surface area contributed by atoms with Gasteiger partial charge in [-0.2, -0.15) is 0 Å². The summed E-state index contributed by atoms with van der Waals surface area (Å²) in [5.74, 6) is 0.769. The van der Waals surface area contributed by atoms with Gasteiger partial charge in [-0.1, -0.05) is 42.1 Å². The average molecular weight is 495 g/mol. The lowest BCUT2D eigenvalue weighted by molar-refractivity contribution is -0.0169. The molecular weight excluding hydrogens is 472 g/mol. The number of nitrogens with zero attached hydrogens (tertiary/aromatic N) is 1. The third-order valence-corrected chi connectivity index (χ3v) is 7.36. The molecule has 7 nitrogen and oxygen atoms in total. The molecule has 0 aliphatic carbocycles. The van der Waals surface area contributed by atoms with Crippen LogP contribution in [0.1, 0.15) is 33.3 Å². The van der Waals surface area contributed by atoms with Crippen LogP contribution in [0.5, 0.6) is 5.75 Å². The number of carbonyl (C=O) groups is 1. The molecule has 0 bridgehead atoms. The third kappa shape index (κ3) is 4.34. The van der Waals surface area contributed by atoms with Crippen molar-refractivity contribution in [2.24, 2.45) is 0 Å². The summed E-state index contributed by atoms with van der Waals surface area (Å²) in [5, 5.41) is 1.13. The van der Waals surface area contributed by atoms with Crippen LogP contribution < -0.4 is 10.3 Å². The minimum absolute atomic E-state index is 0.154. The van der Waals surface area contributed by atoms with E-state index in [1.165, 1.54) is 23.1 Å². The number of thioether (sulfide) groups is 1. The van der Waals surface area contributed by atoms with E-state index in [1.807, 2.05) is 37.3 Å². The van der Waals surface area contributed by atoms with Crippen LogP contribution in [-0.2, 0) is 21.8 Å². The second-order valence-electron chi connectivity index (χ2n) is 7.69. The van der Waals surface area contributed by atoms with Crippen LogP contribution in [0.25, 0.3) is 21.3 Å². The number of nitrogens with one attached hydrogen (secondary N) is 1. The molecule has 1 aliphatic heterocycles. The highest BCUT2D eigenvalue weighted by atomic mass is 32.2. The molecule has 0 saturated carbocycles. The molecule has 1 aliphatic rings. The molecule has 2 aromatic heterocycles. The Bertz CT molecular complexity index is 1430. The van der Waals surface area contributed by atoms with Crippen LogP contribution in [0, 0.1) is 6.92 Å². The molecule has 0 amide bonds. The van der Waals surface area contributed by atoms with Crippen molar-refractivity contribution in [3.05, 3.63) is 74.4 Å². The van der Waals surface area contributed by atoms with Crippen molar-refractivity contribution in [3.8, 4) is 16.9 Å².